The molecule has 0 bridgehead atoms. The number of aromatic amines is 1. The summed E-state index contributed by atoms with van der Waals surface area (Å²) in [5.41, 5.74) is 6.27. The van der Waals surface area contributed by atoms with E-state index >= 15 is 0 Å². The first-order chi connectivity index (χ1) is 17.3. The van der Waals surface area contributed by atoms with E-state index in [2.05, 4.69) is 90.4 Å². The van der Waals surface area contributed by atoms with Crippen LogP contribution in [0, 0.1) is 26.7 Å². The van der Waals surface area contributed by atoms with E-state index < -0.39 is 0 Å². The van der Waals surface area contributed by atoms with Gasteiger partial charge in [-0.05, 0) is 77.4 Å². The highest BCUT2D eigenvalue weighted by molar-refractivity contribution is 5.80. The average molecular weight is 489 g/mol. The molecule has 0 aliphatic rings. The molecule has 0 unspecified atom stereocenters. The van der Waals surface area contributed by atoms with Crippen molar-refractivity contribution in [3.8, 4) is 0 Å². The maximum Gasteiger partial charge on any atom is 0.252 e. The molecule has 36 heavy (non-hydrogen) atoms. The van der Waals surface area contributed by atoms with E-state index in [1.807, 2.05) is 16.8 Å². The summed E-state index contributed by atoms with van der Waals surface area (Å²) in [4.78, 5) is 18.6. The molecule has 1 N–H and O–H groups in total. The Balaban J connectivity index is 1.77. The van der Waals surface area contributed by atoms with Crippen molar-refractivity contribution in [1.29, 1.82) is 0 Å². The minimum absolute atomic E-state index is 0.0684. The molecule has 0 fully saturated rings. The second-order valence-electron chi connectivity index (χ2n) is 9.98. The maximum atomic E-state index is 13.2. The Kier molecular flexibility index (Phi) is 7.96. The third-order valence-electron chi connectivity index (χ3n) is 6.77. The van der Waals surface area contributed by atoms with Gasteiger partial charge < -0.3 is 9.72 Å². The fourth-order valence-corrected chi connectivity index (χ4v) is 4.68. The van der Waals surface area contributed by atoms with Crippen LogP contribution in [0.3, 0.4) is 0 Å². The lowest BCUT2D eigenvalue weighted by Crippen LogP contribution is -2.35. The average Bonchev–Trinajstić information content (AvgIpc) is 3.28. The zero-order valence-corrected chi connectivity index (χ0v) is 22.1. The van der Waals surface area contributed by atoms with E-state index in [9.17, 15) is 4.79 Å². The molecule has 0 saturated carbocycles. The van der Waals surface area contributed by atoms with Gasteiger partial charge in [-0.3, -0.25) is 9.69 Å². The van der Waals surface area contributed by atoms with Gasteiger partial charge in [0.05, 0.1) is 19.2 Å². The first-order valence-electron chi connectivity index (χ1n) is 12.4. The third-order valence-corrected chi connectivity index (χ3v) is 6.77. The first-order valence-corrected chi connectivity index (χ1v) is 12.4. The number of aromatic nitrogens is 5. The highest BCUT2D eigenvalue weighted by Crippen LogP contribution is 2.30. The molecule has 0 amide bonds. The van der Waals surface area contributed by atoms with Gasteiger partial charge in [0.25, 0.3) is 5.56 Å². The monoisotopic (exact) mass is 488 g/mol. The van der Waals surface area contributed by atoms with Gasteiger partial charge in [-0.2, -0.15) is 0 Å². The molecule has 190 valence electrons. The number of benzene rings is 2. The fraction of sp³-hybridized carbons (Fsp3) is 0.429. The predicted octanol–water partition coefficient (Wildman–Crippen LogP) is 4.49. The van der Waals surface area contributed by atoms with Gasteiger partial charge in [-0.25, -0.2) is 4.68 Å². The summed E-state index contributed by atoms with van der Waals surface area (Å²) in [7, 11) is 1.67. The minimum Gasteiger partial charge on any atom is -0.383 e. The summed E-state index contributed by atoms with van der Waals surface area (Å²) >= 11 is 0. The molecule has 0 aliphatic carbocycles. The lowest BCUT2D eigenvalue weighted by atomic mass is 9.99. The number of ether oxygens (including phenoxy) is 1. The minimum atomic E-state index is -0.104. The normalized spacial score (nSPS) is 12.7. The lowest BCUT2D eigenvalue weighted by molar-refractivity contribution is 0.121. The van der Waals surface area contributed by atoms with Crippen LogP contribution in [0.15, 0.2) is 47.3 Å². The number of aryl methyl sites for hydroxylation is 3. The SMILES string of the molecule is COCCn1nnnc1[C@@H](C(C)C)N(Cc1ccc(C)cc1)Cc1cc2cc(C)c(C)cc2[nH]c1=O. The highest BCUT2D eigenvalue weighted by atomic mass is 16.5. The predicted molar refractivity (Wildman–Crippen MR) is 142 cm³/mol. The van der Waals surface area contributed by atoms with E-state index in [1.54, 1.807) is 7.11 Å². The molecule has 4 rings (SSSR count). The molecule has 0 spiro atoms. The van der Waals surface area contributed by atoms with Crippen molar-refractivity contribution < 1.29 is 4.74 Å². The number of pyridine rings is 1. The van der Waals surface area contributed by atoms with Crippen molar-refractivity contribution in [3.05, 3.63) is 86.5 Å². The van der Waals surface area contributed by atoms with Crippen molar-refractivity contribution in [2.45, 2.75) is 60.3 Å². The highest BCUT2D eigenvalue weighted by Gasteiger charge is 2.30. The molecule has 2 heterocycles. The zero-order valence-electron chi connectivity index (χ0n) is 22.1. The van der Waals surface area contributed by atoms with Crippen LogP contribution in [-0.2, 0) is 24.4 Å². The lowest BCUT2D eigenvalue weighted by Gasteiger charge is -2.33. The van der Waals surface area contributed by atoms with E-state index in [0.29, 0.717) is 26.2 Å². The standard InChI is InChI=1S/C28H36N6O2/c1-18(2)26(27-30-31-32-34(27)11-12-36-6)33(16-22-9-7-19(3)8-10-22)17-24-15-23-13-20(4)21(5)14-25(23)29-28(24)35/h7-10,13-15,18,26H,11-12,16-17H2,1-6H3,(H,29,35)/t26-/m1/s1. The van der Waals surface area contributed by atoms with Crippen LogP contribution in [0.1, 0.15) is 53.5 Å². The summed E-state index contributed by atoms with van der Waals surface area (Å²) in [6, 6.07) is 14.6. The van der Waals surface area contributed by atoms with Gasteiger partial charge in [0.15, 0.2) is 5.82 Å². The summed E-state index contributed by atoms with van der Waals surface area (Å²) in [6.45, 7) is 12.8. The van der Waals surface area contributed by atoms with E-state index in [4.69, 9.17) is 4.74 Å². The molecule has 8 heteroatoms. The van der Waals surface area contributed by atoms with Crippen LogP contribution >= 0.6 is 0 Å². The molecule has 4 aromatic rings. The largest absolute Gasteiger partial charge is 0.383 e. The smallest absolute Gasteiger partial charge is 0.252 e. The Bertz CT molecular complexity index is 1370. The molecular weight excluding hydrogens is 452 g/mol. The molecule has 0 aliphatic heterocycles. The molecule has 0 saturated heterocycles. The molecule has 1 atom stereocenters. The van der Waals surface area contributed by atoms with Crippen LogP contribution in [0.4, 0.5) is 0 Å². The Morgan fingerprint density at radius 1 is 1.03 bits per heavy atom. The number of tetrazole rings is 1. The second kappa shape index (κ2) is 11.1. The number of nitrogens with zero attached hydrogens (tertiary/aromatic N) is 5. The Hall–Kier alpha value is -3.36. The number of H-pyrrole nitrogens is 1. The third kappa shape index (κ3) is 5.71. The van der Waals surface area contributed by atoms with Gasteiger partial charge in [0.2, 0.25) is 0 Å². The van der Waals surface area contributed by atoms with E-state index in [1.165, 1.54) is 16.7 Å². The zero-order chi connectivity index (χ0) is 25.8. The number of methoxy groups -OCH3 is 1. The summed E-state index contributed by atoms with van der Waals surface area (Å²) in [5.74, 6) is 0.977. The summed E-state index contributed by atoms with van der Waals surface area (Å²) < 4.78 is 7.09. The van der Waals surface area contributed by atoms with Crippen molar-refractivity contribution in [3.63, 3.8) is 0 Å². The van der Waals surface area contributed by atoms with E-state index in [-0.39, 0.29) is 17.5 Å². The first kappa shape index (κ1) is 25.7. The van der Waals surface area contributed by atoms with Gasteiger partial charge in [-0.1, -0.05) is 43.7 Å². The molecule has 2 aromatic heterocycles. The second-order valence-corrected chi connectivity index (χ2v) is 9.98. The number of fused-ring (bicyclic) bond motifs is 1. The fourth-order valence-electron chi connectivity index (χ4n) is 4.68. The summed E-state index contributed by atoms with van der Waals surface area (Å²) in [6.07, 6.45) is 0. The van der Waals surface area contributed by atoms with Crippen LogP contribution in [-0.4, -0.2) is 43.8 Å². The Morgan fingerprint density at radius 3 is 2.44 bits per heavy atom. The molecule has 8 nitrogen and oxygen atoms in total. The van der Waals surface area contributed by atoms with Crippen LogP contribution in [0.5, 0.6) is 0 Å². The van der Waals surface area contributed by atoms with Crippen LogP contribution in [0.25, 0.3) is 10.9 Å². The number of hydrogen-bond donors (Lipinski definition) is 1. The Labute approximate surface area is 212 Å². The Morgan fingerprint density at radius 2 is 1.75 bits per heavy atom. The number of hydrogen-bond acceptors (Lipinski definition) is 6. The van der Waals surface area contributed by atoms with Crippen molar-refractivity contribution in [1.82, 2.24) is 30.1 Å². The van der Waals surface area contributed by atoms with Gasteiger partial charge in [0, 0.05) is 31.3 Å². The van der Waals surface area contributed by atoms with Crippen molar-refractivity contribution in [2.75, 3.05) is 13.7 Å². The number of rotatable bonds is 10. The van der Waals surface area contributed by atoms with Gasteiger partial charge in [-0.15, -0.1) is 5.10 Å². The van der Waals surface area contributed by atoms with Crippen molar-refractivity contribution >= 4 is 10.9 Å². The summed E-state index contributed by atoms with van der Waals surface area (Å²) in [5, 5.41) is 13.7. The quantitative estimate of drug-likeness (QED) is 0.354. The van der Waals surface area contributed by atoms with Gasteiger partial charge >= 0.3 is 0 Å². The molecule has 0 radical (unpaired) electrons. The molecular formula is C28H36N6O2. The maximum absolute atomic E-state index is 13.2. The van der Waals surface area contributed by atoms with Crippen LogP contribution in [0.2, 0.25) is 0 Å². The van der Waals surface area contributed by atoms with Crippen LogP contribution < -0.4 is 5.56 Å². The van der Waals surface area contributed by atoms with E-state index in [0.717, 1.165) is 27.9 Å². The number of nitrogens with one attached hydrogen (secondary N) is 1. The van der Waals surface area contributed by atoms with Gasteiger partial charge in [0.1, 0.15) is 0 Å². The van der Waals surface area contributed by atoms with Crippen molar-refractivity contribution in [2.24, 2.45) is 5.92 Å². The molecule has 2 aromatic carbocycles. The topological polar surface area (TPSA) is 88.9 Å².